The van der Waals surface area contributed by atoms with E-state index in [-0.39, 0.29) is 11.7 Å². The molecule has 2 heterocycles. The van der Waals surface area contributed by atoms with Gasteiger partial charge in [-0.1, -0.05) is 0 Å². The minimum atomic E-state index is -0.251. The van der Waals surface area contributed by atoms with E-state index in [1.54, 1.807) is 17.5 Å². The zero-order chi connectivity index (χ0) is 11.5. The number of carbonyl (C=O) groups is 1. The molecule has 84 valence electrons. The fourth-order valence-corrected chi connectivity index (χ4v) is 1.94. The SMILES string of the molecule is Cc1cnc(CNC(=O)c2cn[nH]c2N)s1. The number of rotatable bonds is 3. The molecule has 0 aromatic carbocycles. The molecule has 2 rings (SSSR count). The first-order chi connectivity index (χ1) is 7.66. The third-order valence-electron chi connectivity index (χ3n) is 1.98. The summed E-state index contributed by atoms with van der Waals surface area (Å²) in [6, 6.07) is 0. The number of thiazole rings is 1. The van der Waals surface area contributed by atoms with Gasteiger partial charge in [0.15, 0.2) is 0 Å². The number of aromatic nitrogens is 3. The summed E-state index contributed by atoms with van der Waals surface area (Å²) in [5.41, 5.74) is 5.88. The third kappa shape index (κ3) is 2.19. The molecule has 0 aliphatic heterocycles. The van der Waals surface area contributed by atoms with E-state index in [9.17, 15) is 4.79 Å². The molecule has 1 amide bonds. The molecule has 7 heteroatoms. The van der Waals surface area contributed by atoms with Gasteiger partial charge in [0.1, 0.15) is 16.4 Å². The molecule has 4 N–H and O–H groups in total. The van der Waals surface area contributed by atoms with Crippen molar-refractivity contribution in [3.05, 3.63) is 27.8 Å². The van der Waals surface area contributed by atoms with E-state index >= 15 is 0 Å². The van der Waals surface area contributed by atoms with Gasteiger partial charge in [-0.3, -0.25) is 9.89 Å². The Labute approximate surface area is 95.9 Å². The van der Waals surface area contributed by atoms with Gasteiger partial charge in [0, 0.05) is 11.1 Å². The number of anilines is 1. The van der Waals surface area contributed by atoms with Crippen LogP contribution < -0.4 is 11.1 Å². The normalized spacial score (nSPS) is 10.3. The lowest BCUT2D eigenvalue weighted by atomic mass is 10.3. The van der Waals surface area contributed by atoms with Crippen LogP contribution in [0.1, 0.15) is 20.2 Å². The van der Waals surface area contributed by atoms with Crippen LogP contribution in [0.15, 0.2) is 12.4 Å². The summed E-state index contributed by atoms with van der Waals surface area (Å²) in [6.07, 6.45) is 3.18. The summed E-state index contributed by atoms with van der Waals surface area (Å²) in [7, 11) is 0. The summed E-state index contributed by atoms with van der Waals surface area (Å²) in [4.78, 5) is 16.9. The van der Waals surface area contributed by atoms with Gasteiger partial charge in [-0.25, -0.2) is 4.98 Å². The highest BCUT2D eigenvalue weighted by molar-refractivity contribution is 7.11. The van der Waals surface area contributed by atoms with Gasteiger partial charge in [0.25, 0.3) is 5.91 Å². The maximum absolute atomic E-state index is 11.6. The van der Waals surface area contributed by atoms with Gasteiger partial charge < -0.3 is 11.1 Å². The van der Waals surface area contributed by atoms with E-state index in [4.69, 9.17) is 5.73 Å². The molecule has 0 radical (unpaired) electrons. The molecule has 0 saturated heterocycles. The molecule has 16 heavy (non-hydrogen) atoms. The molecular weight excluding hydrogens is 226 g/mol. The molecule has 0 saturated carbocycles. The number of nitrogens with one attached hydrogen (secondary N) is 2. The van der Waals surface area contributed by atoms with Crippen LogP contribution in [0, 0.1) is 6.92 Å². The molecule has 0 fully saturated rings. The Bertz CT molecular complexity index is 503. The Morgan fingerprint density at radius 1 is 1.62 bits per heavy atom. The zero-order valence-electron chi connectivity index (χ0n) is 8.65. The predicted octanol–water partition coefficient (Wildman–Crippen LogP) is 0.687. The number of hydrogen-bond acceptors (Lipinski definition) is 5. The van der Waals surface area contributed by atoms with E-state index in [1.807, 2.05) is 6.92 Å². The minimum Gasteiger partial charge on any atom is -0.383 e. The number of nitrogens with two attached hydrogens (primary N) is 1. The molecule has 0 bridgehead atoms. The highest BCUT2D eigenvalue weighted by Crippen LogP contribution is 2.11. The van der Waals surface area contributed by atoms with Gasteiger partial charge >= 0.3 is 0 Å². The minimum absolute atomic E-state index is 0.251. The molecule has 2 aromatic rings. The van der Waals surface area contributed by atoms with Crippen LogP contribution in [0.2, 0.25) is 0 Å². The number of aromatic amines is 1. The molecule has 6 nitrogen and oxygen atoms in total. The van der Waals surface area contributed by atoms with E-state index in [0.29, 0.717) is 12.1 Å². The molecule has 2 aromatic heterocycles. The van der Waals surface area contributed by atoms with Gasteiger partial charge in [-0.15, -0.1) is 11.3 Å². The first-order valence-corrected chi connectivity index (χ1v) is 5.47. The Kier molecular flexibility index (Phi) is 2.86. The van der Waals surface area contributed by atoms with Gasteiger partial charge in [-0.05, 0) is 6.92 Å². The third-order valence-corrected chi connectivity index (χ3v) is 2.90. The molecule has 0 spiro atoms. The van der Waals surface area contributed by atoms with Crippen molar-refractivity contribution in [1.29, 1.82) is 0 Å². The molecule has 0 atom stereocenters. The number of hydrogen-bond donors (Lipinski definition) is 3. The lowest BCUT2D eigenvalue weighted by Gasteiger charge is -2.00. The standard InChI is InChI=1S/C9H11N5OS/c1-5-2-11-7(16-5)4-12-9(15)6-3-13-14-8(6)10/h2-3H,4H2,1H3,(H,12,15)(H3,10,13,14). The lowest BCUT2D eigenvalue weighted by Crippen LogP contribution is -2.23. The summed E-state index contributed by atoms with van der Waals surface area (Å²) in [5, 5.41) is 9.78. The highest BCUT2D eigenvalue weighted by Gasteiger charge is 2.11. The Hall–Kier alpha value is -1.89. The summed E-state index contributed by atoms with van der Waals surface area (Å²) >= 11 is 1.55. The number of carbonyl (C=O) groups excluding carboxylic acids is 1. The van der Waals surface area contributed by atoms with Crippen LogP contribution in [0.5, 0.6) is 0 Å². The van der Waals surface area contributed by atoms with Crippen LogP contribution in [-0.4, -0.2) is 21.1 Å². The number of nitrogen functional groups attached to an aromatic ring is 1. The Morgan fingerprint density at radius 2 is 2.44 bits per heavy atom. The quantitative estimate of drug-likeness (QED) is 0.731. The fourth-order valence-electron chi connectivity index (χ4n) is 1.21. The second kappa shape index (κ2) is 4.31. The van der Waals surface area contributed by atoms with Crippen molar-refractivity contribution in [3.63, 3.8) is 0 Å². The Balaban J connectivity index is 1.96. The number of H-pyrrole nitrogens is 1. The maximum atomic E-state index is 11.6. The van der Waals surface area contributed by atoms with E-state index in [2.05, 4.69) is 20.5 Å². The maximum Gasteiger partial charge on any atom is 0.256 e. The van der Waals surface area contributed by atoms with Crippen LogP contribution in [0.3, 0.4) is 0 Å². The topological polar surface area (TPSA) is 96.7 Å². The summed E-state index contributed by atoms with van der Waals surface area (Å²) in [5.74, 6) is 0.0203. The summed E-state index contributed by atoms with van der Waals surface area (Å²) < 4.78 is 0. The first-order valence-electron chi connectivity index (χ1n) is 4.65. The smallest absolute Gasteiger partial charge is 0.256 e. The second-order valence-electron chi connectivity index (χ2n) is 3.24. The second-order valence-corrected chi connectivity index (χ2v) is 4.56. The highest BCUT2D eigenvalue weighted by atomic mass is 32.1. The Morgan fingerprint density at radius 3 is 3.00 bits per heavy atom. The van der Waals surface area contributed by atoms with Crippen LogP contribution in [0.25, 0.3) is 0 Å². The molecule has 0 aliphatic carbocycles. The predicted molar refractivity (Wildman–Crippen MR) is 61.0 cm³/mol. The molecule has 0 unspecified atom stereocenters. The largest absolute Gasteiger partial charge is 0.383 e. The van der Waals surface area contributed by atoms with E-state index < -0.39 is 0 Å². The van der Waals surface area contributed by atoms with Crippen molar-refractivity contribution in [3.8, 4) is 0 Å². The van der Waals surface area contributed by atoms with Crippen molar-refractivity contribution in [2.45, 2.75) is 13.5 Å². The number of nitrogens with zero attached hydrogens (tertiary/aromatic N) is 2. The van der Waals surface area contributed by atoms with Crippen molar-refractivity contribution in [2.75, 3.05) is 5.73 Å². The average Bonchev–Trinajstić information content (AvgIpc) is 2.84. The average molecular weight is 237 g/mol. The van der Waals surface area contributed by atoms with Crippen molar-refractivity contribution >= 4 is 23.1 Å². The summed E-state index contributed by atoms with van der Waals surface area (Å²) in [6.45, 7) is 2.37. The van der Waals surface area contributed by atoms with Crippen molar-refractivity contribution < 1.29 is 4.79 Å². The van der Waals surface area contributed by atoms with Gasteiger partial charge in [-0.2, -0.15) is 5.10 Å². The molecule has 0 aliphatic rings. The van der Waals surface area contributed by atoms with Crippen LogP contribution in [0.4, 0.5) is 5.82 Å². The van der Waals surface area contributed by atoms with Crippen molar-refractivity contribution in [1.82, 2.24) is 20.5 Å². The van der Waals surface area contributed by atoms with E-state index in [0.717, 1.165) is 9.88 Å². The van der Waals surface area contributed by atoms with Crippen LogP contribution in [-0.2, 0) is 6.54 Å². The van der Waals surface area contributed by atoms with Crippen LogP contribution >= 0.6 is 11.3 Å². The monoisotopic (exact) mass is 237 g/mol. The molecular formula is C9H11N5OS. The lowest BCUT2D eigenvalue weighted by molar-refractivity contribution is 0.0952. The fraction of sp³-hybridized carbons (Fsp3) is 0.222. The number of amides is 1. The first kappa shape index (κ1) is 10.6. The zero-order valence-corrected chi connectivity index (χ0v) is 9.47. The van der Waals surface area contributed by atoms with Gasteiger partial charge in [0.05, 0.1) is 12.7 Å². The van der Waals surface area contributed by atoms with E-state index in [1.165, 1.54) is 6.20 Å². The number of aryl methyl sites for hydroxylation is 1. The van der Waals surface area contributed by atoms with Gasteiger partial charge in [0.2, 0.25) is 0 Å². The van der Waals surface area contributed by atoms with Crippen molar-refractivity contribution in [2.24, 2.45) is 0 Å².